The topological polar surface area (TPSA) is 73.8 Å². The third-order valence-corrected chi connectivity index (χ3v) is 5.59. The van der Waals surface area contributed by atoms with Crippen molar-refractivity contribution in [2.75, 3.05) is 5.73 Å². The van der Waals surface area contributed by atoms with E-state index >= 15 is 0 Å². The molecule has 0 unspecified atom stereocenters. The van der Waals surface area contributed by atoms with E-state index in [1.807, 2.05) is 42.6 Å². The molecule has 0 aliphatic heterocycles. The number of aromatic nitrogens is 3. The number of hydrogen-bond acceptors (Lipinski definition) is 4. The Morgan fingerprint density at radius 2 is 1.63 bits per heavy atom. The lowest BCUT2D eigenvalue weighted by atomic mass is 10.0. The molecule has 2 N–H and O–H groups in total. The highest BCUT2D eigenvalue weighted by Crippen LogP contribution is 2.29. The number of rotatable bonds is 2. The number of anilines is 1. The van der Waals surface area contributed by atoms with Crippen molar-refractivity contribution < 1.29 is 0 Å². The summed E-state index contributed by atoms with van der Waals surface area (Å²) in [5.41, 5.74) is 12.5. The Hall–Kier alpha value is -3.99. The maximum Gasteiger partial charge on any atom is 0.255 e. The van der Waals surface area contributed by atoms with E-state index in [-0.39, 0.29) is 5.56 Å². The Bertz CT molecular complexity index is 1480. The van der Waals surface area contributed by atoms with Crippen LogP contribution in [0.15, 0.2) is 77.9 Å². The molecule has 0 saturated carbocycles. The second kappa shape index (κ2) is 6.81. The molecule has 0 atom stereocenters. The van der Waals surface area contributed by atoms with Crippen LogP contribution in [0.3, 0.4) is 0 Å². The van der Waals surface area contributed by atoms with E-state index in [4.69, 9.17) is 5.73 Å². The first kappa shape index (κ1) is 18.1. The predicted molar refractivity (Wildman–Crippen MR) is 122 cm³/mol. The summed E-state index contributed by atoms with van der Waals surface area (Å²) in [5, 5.41) is 1.82. The lowest BCUT2D eigenvalue weighted by molar-refractivity contribution is 1.04. The van der Waals surface area contributed by atoms with Gasteiger partial charge in [-0.25, -0.2) is 4.98 Å². The van der Waals surface area contributed by atoms with Crippen molar-refractivity contribution in [3.8, 4) is 16.8 Å². The van der Waals surface area contributed by atoms with Crippen molar-refractivity contribution in [2.45, 2.75) is 13.8 Å². The minimum absolute atomic E-state index is 0.0715. The first-order valence-corrected chi connectivity index (χ1v) is 9.75. The summed E-state index contributed by atoms with van der Waals surface area (Å²) >= 11 is 0. The molecule has 5 nitrogen and oxygen atoms in total. The van der Waals surface area contributed by atoms with Crippen LogP contribution >= 0.6 is 0 Å². The number of pyridine rings is 3. The van der Waals surface area contributed by atoms with Gasteiger partial charge in [-0.2, -0.15) is 0 Å². The van der Waals surface area contributed by atoms with Crippen molar-refractivity contribution in [2.24, 2.45) is 0 Å². The first-order valence-electron chi connectivity index (χ1n) is 9.75. The second-order valence-electron chi connectivity index (χ2n) is 7.54. The van der Waals surface area contributed by atoms with Gasteiger partial charge in [0.05, 0.1) is 11.0 Å². The summed E-state index contributed by atoms with van der Waals surface area (Å²) < 4.78 is 1.77. The van der Waals surface area contributed by atoms with Crippen molar-refractivity contribution >= 4 is 27.6 Å². The fourth-order valence-electron chi connectivity index (χ4n) is 3.79. The van der Waals surface area contributed by atoms with E-state index in [2.05, 4.69) is 35.9 Å². The predicted octanol–water partition coefficient (Wildman–Crippen LogP) is 4.80. The molecule has 3 aromatic heterocycles. The van der Waals surface area contributed by atoms with Crippen LogP contribution in [-0.4, -0.2) is 14.5 Å². The van der Waals surface area contributed by atoms with E-state index in [1.54, 1.807) is 22.9 Å². The molecule has 0 fully saturated rings. The van der Waals surface area contributed by atoms with Gasteiger partial charge in [-0.1, -0.05) is 12.1 Å². The highest BCUT2D eigenvalue weighted by atomic mass is 16.1. The standard InChI is InChI=1S/C25H20N4O/c1-15-3-7-20(11-16(15)2)29-24(30)10-6-19-14-27-22-8-4-17(12-21(22)25(19)29)18-5-9-23(26)28-13-18/h3-14H,1-2H3,(H2,26,28). The molecule has 0 radical (unpaired) electrons. The van der Waals surface area contributed by atoms with Crippen LogP contribution in [0, 0.1) is 13.8 Å². The summed E-state index contributed by atoms with van der Waals surface area (Å²) in [6, 6.07) is 19.3. The maximum absolute atomic E-state index is 13.0. The molecule has 5 aromatic rings. The van der Waals surface area contributed by atoms with Gasteiger partial charge in [0.15, 0.2) is 0 Å². The van der Waals surface area contributed by atoms with Gasteiger partial charge in [-0.05, 0) is 73.0 Å². The summed E-state index contributed by atoms with van der Waals surface area (Å²) in [5.74, 6) is 0.482. The fraction of sp³-hybridized carbons (Fsp3) is 0.0800. The smallest absolute Gasteiger partial charge is 0.255 e. The lowest BCUT2D eigenvalue weighted by Gasteiger charge is -2.14. The van der Waals surface area contributed by atoms with Gasteiger partial charge < -0.3 is 5.73 Å². The summed E-state index contributed by atoms with van der Waals surface area (Å²) in [6.07, 6.45) is 3.57. The molecule has 30 heavy (non-hydrogen) atoms. The van der Waals surface area contributed by atoms with Crippen LogP contribution in [0.4, 0.5) is 5.82 Å². The average molecular weight is 392 g/mol. The normalized spacial score (nSPS) is 11.3. The van der Waals surface area contributed by atoms with E-state index < -0.39 is 0 Å². The Morgan fingerprint density at radius 3 is 2.40 bits per heavy atom. The molecule has 5 rings (SSSR count). The SMILES string of the molecule is Cc1ccc(-n2c(=O)ccc3cnc4ccc(-c5ccc(N)nc5)cc4c32)cc1C. The molecular formula is C25H20N4O. The molecule has 5 heteroatoms. The Balaban J connectivity index is 1.86. The largest absolute Gasteiger partial charge is 0.384 e. The highest BCUT2D eigenvalue weighted by Gasteiger charge is 2.12. The minimum Gasteiger partial charge on any atom is -0.384 e. The minimum atomic E-state index is -0.0715. The highest BCUT2D eigenvalue weighted by molar-refractivity contribution is 6.05. The average Bonchev–Trinajstić information content (AvgIpc) is 2.76. The molecule has 0 saturated heterocycles. The first-order chi connectivity index (χ1) is 14.5. The van der Waals surface area contributed by atoms with Gasteiger partial charge in [0.1, 0.15) is 5.82 Å². The van der Waals surface area contributed by atoms with E-state index in [9.17, 15) is 4.79 Å². The monoisotopic (exact) mass is 392 g/mol. The van der Waals surface area contributed by atoms with E-state index in [0.29, 0.717) is 5.82 Å². The van der Waals surface area contributed by atoms with Crippen molar-refractivity contribution in [3.63, 3.8) is 0 Å². The number of hydrogen-bond donors (Lipinski definition) is 1. The Morgan fingerprint density at radius 1 is 0.800 bits per heavy atom. The molecule has 0 amide bonds. The van der Waals surface area contributed by atoms with E-state index in [1.165, 1.54) is 5.56 Å². The zero-order valence-electron chi connectivity index (χ0n) is 16.8. The van der Waals surface area contributed by atoms with Crippen molar-refractivity contribution in [1.29, 1.82) is 0 Å². The maximum atomic E-state index is 13.0. The summed E-state index contributed by atoms with van der Waals surface area (Å²) in [4.78, 5) is 21.8. The molecule has 0 bridgehead atoms. The molecule has 3 heterocycles. The van der Waals surface area contributed by atoms with Gasteiger partial charge >= 0.3 is 0 Å². The summed E-state index contributed by atoms with van der Waals surface area (Å²) in [6.45, 7) is 4.12. The number of benzene rings is 2. The van der Waals surface area contributed by atoms with Crippen LogP contribution in [0.5, 0.6) is 0 Å². The third-order valence-electron chi connectivity index (χ3n) is 5.59. The summed E-state index contributed by atoms with van der Waals surface area (Å²) in [7, 11) is 0. The van der Waals surface area contributed by atoms with Crippen LogP contribution < -0.4 is 11.3 Å². The zero-order valence-corrected chi connectivity index (χ0v) is 16.8. The Labute approximate surface area is 173 Å². The molecule has 2 aromatic carbocycles. The van der Waals surface area contributed by atoms with Crippen molar-refractivity contribution in [3.05, 3.63) is 94.5 Å². The van der Waals surface area contributed by atoms with Crippen LogP contribution in [0.1, 0.15) is 11.1 Å². The molecule has 0 aliphatic rings. The van der Waals surface area contributed by atoms with Gasteiger partial charge in [0.25, 0.3) is 5.56 Å². The van der Waals surface area contributed by atoms with Gasteiger partial charge in [-0.3, -0.25) is 14.3 Å². The van der Waals surface area contributed by atoms with Gasteiger partial charge in [0.2, 0.25) is 0 Å². The lowest BCUT2D eigenvalue weighted by Crippen LogP contribution is -2.18. The van der Waals surface area contributed by atoms with Gasteiger partial charge in [-0.15, -0.1) is 0 Å². The van der Waals surface area contributed by atoms with Gasteiger partial charge in [0, 0.05) is 40.5 Å². The molecular weight excluding hydrogens is 372 g/mol. The third kappa shape index (κ3) is 2.92. The number of aryl methyl sites for hydroxylation is 2. The number of nitrogen functional groups attached to an aromatic ring is 1. The second-order valence-corrected chi connectivity index (χ2v) is 7.54. The van der Waals surface area contributed by atoms with Crippen LogP contribution in [0.25, 0.3) is 38.6 Å². The Kier molecular flexibility index (Phi) is 4.10. The number of nitrogens with zero attached hydrogens (tertiary/aromatic N) is 3. The van der Waals surface area contributed by atoms with Crippen LogP contribution in [0.2, 0.25) is 0 Å². The number of nitrogens with two attached hydrogens (primary N) is 1. The quantitative estimate of drug-likeness (QED) is 0.438. The van der Waals surface area contributed by atoms with E-state index in [0.717, 1.165) is 44.2 Å². The molecule has 0 aliphatic carbocycles. The number of fused-ring (bicyclic) bond motifs is 3. The van der Waals surface area contributed by atoms with Crippen molar-refractivity contribution in [1.82, 2.24) is 14.5 Å². The zero-order chi connectivity index (χ0) is 20.8. The fourth-order valence-corrected chi connectivity index (χ4v) is 3.79. The van der Waals surface area contributed by atoms with Crippen LogP contribution in [-0.2, 0) is 0 Å². The molecule has 0 spiro atoms. The molecule has 146 valence electrons.